The van der Waals surface area contributed by atoms with Crippen LogP contribution in [0.2, 0.25) is 0 Å². The maximum Gasteiger partial charge on any atom is 0.277 e. The summed E-state index contributed by atoms with van der Waals surface area (Å²) >= 11 is 1.23. The van der Waals surface area contributed by atoms with E-state index in [0.29, 0.717) is 22.2 Å². The van der Waals surface area contributed by atoms with Gasteiger partial charge >= 0.3 is 0 Å². The van der Waals surface area contributed by atoms with E-state index in [-0.39, 0.29) is 11.6 Å². The van der Waals surface area contributed by atoms with Crippen LogP contribution in [0.4, 0.5) is 5.69 Å². The molecule has 110 valence electrons. The Kier molecular flexibility index (Phi) is 4.05. The number of nitrogens with zero attached hydrogens (tertiary/aromatic N) is 5. The highest BCUT2D eigenvalue weighted by Gasteiger charge is 2.15. The summed E-state index contributed by atoms with van der Waals surface area (Å²) in [5.74, 6) is 0.623. The standard InChI is InChI=1S/C13H9N5O3S/c19-18(20)11-4-2-1-3-9(11)8-22-13-17-16-12(21-13)10-7-14-5-6-15-10/h1-7H,8H2. The number of nitro benzene ring substituents is 1. The van der Waals surface area contributed by atoms with E-state index in [1.807, 2.05) is 0 Å². The van der Waals surface area contributed by atoms with Gasteiger partial charge in [0.05, 0.1) is 11.1 Å². The highest BCUT2D eigenvalue weighted by atomic mass is 32.2. The highest BCUT2D eigenvalue weighted by Crippen LogP contribution is 2.28. The SMILES string of the molecule is O=[N+]([O-])c1ccccc1CSc1nnc(-c2cnccn2)o1. The zero-order valence-corrected chi connectivity index (χ0v) is 11.9. The lowest BCUT2D eigenvalue weighted by molar-refractivity contribution is -0.385. The van der Waals surface area contributed by atoms with Crippen molar-refractivity contribution < 1.29 is 9.34 Å². The number of thioether (sulfide) groups is 1. The Morgan fingerprint density at radius 3 is 2.86 bits per heavy atom. The van der Waals surface area contributed by atoms with Crippen molar-refractivity contribution in [2.75, 3.05) is 0 Å². The average Bonchev–Trinajstić information content (AvgIpc) is 3.03. The van der Waals surface area contributed by atoms with Crippen LogP contribution in [-0.4, -0.2) is 25.1 Å². The van der Waals surface area contributed by atoms with Crippen LogP contribution in [0.5, 0.6) is 0 Å². The molecule has 9 heteroatoms. The van der Waals surface area contributed by atoms with Crippen LogP contribution in [0, 0.1) is 10.1 Å². The van der Waals surface area contributed by atoms with Crippen LogP contribution >= 0.6 is 11.8 Å². The predicted octanol–water partition coefficient (Wildman–Crippen LogP) is 2.73. The van der Waals surface area contributed by atoms with Gasteiger partial charge in [0.25, 0.3) is 16.8 Å². The molecule has 1 aromatic carbocycles. The largest absolute Gasteiger partial charge is 0.410 e. The van der Waals surface area contributed by atoms with Crippen molar-refractivity contribution in [3.05, 3.63) is 58.5 Å². The molecule has 22 heavy (non-hydrogen) atoms. The quantitative estimate of drug-likeness (QED) is 0.402. The number of hydrogen-bond acceptors (Lipinski definition) is 8. The molecule has 0 unspecified atom stereocenters. The zero-order valence-electron chi connectivity index (χ0n) is 11.1. The summed E-state index contributed by atoms with van der Waals surface area (Å²) in [6.07, 6.45) is 4.59. The molecule has 0 aliphatic rings. The first-order chi connectivity index (χ1) is 10.7. The Hall–Kier alpha value is -2.81. The first-order valence-electron chi connectivity index (χ1n) is 6.19. The summed E-state index contributed by atoms with van der Waals surface area (Å²) in [5.41, 5.74) is 1.15. The van der Waals surface area contributed by atoms with Gasteiger partial charge in [0.2, 0.25) is 0 Å². The fourth-order valence-corrected chi connectivity index (χ4v) is 2.49. The summed E-state index contributed by atoms with van der Waals surface area (Å²) in [5, 5.41) is 19.0. The van der Waals surface area contributed by atoms with Gasteiger partial charge < -0.3 is 4.42 Å². The molecule has 0 spiro atoms. The molecule has 2 aromatic heterocycles. The molecule has 0 radical (unpaired) electrons. The minimum absolute atomic E-state index is 0.0728. The van der Waals surface area contributed by atoms with Gasteiger partial charge in [0, 0.05) is 29.8 Å². The topological polar surface area (TPSA) is 108 Å². The molecule has 3 aromatic rings. The smallest absolute Gasteiger partial charge is 0.277 e. The van der Waals surface area contributed by atoms with E-state index >= 15 is 0 Å². The van der Waals surface area contributed by atoms with Gasteiger partial charge in [-0.25, -0.2) is 4.98 Å². The van der Waals surface area contributed by atoms with E-state index in [2.05, 4.69) is 20.2 Å². The van der Waals surface area contributed by atoms with Crippen LogP contribution in [-0.2, 0) is 5.75 Å². The van der Waals surface area contributed by atoms with Gasteiger partial charge in [0.1, 0.15) is 5.69 Å². The van der Waals surface area contributed by atoms with E-state index in [1.54, 1.807) is 24.4 Å². The molecule has 0 bridgehead atoms. The normalized spacial score (nSPS) is 10.5. The average molecular weight is 315 g/mol. The molecule has 0 saturated heterocycles. The van der Waals surface area contributed by atoms with Crippen LogP contribution in [0.25, 0.3) is 11.6 Å². The molecular weight excluding hydrogens is 306 g/mol. The number of rotatable bonds is 5. The van der Waals surface area contributed by atoms with Crippen molar-refractivity contribution >= 4 is 17.4 Å². The first kappa shape index (κ1) is 14.1. The molecule has 0 N–H and O–H groups in total. The van der Waals surface area contributed by atoms with Crippen LogP contribution in [0.1, 0.15) is 5.56 Å². The second-order valence-corrected chi connectivity index (χ2v) is 5.06. The maximum atomic E-state index is 11.0. The van der Waals surface area contributed by atoms with Crippen molar-refractivity contribution in [1.29, 1.82) is 0 Å². The maximum absolute atomic E-state index is 11.0. The second kappa shape index (κ2) is 6.31. The third-order valence-corrected chi connectivity index (χ3v) is 3.60. The molecule has 0 aliphatic heterocycles. The summed E-state index contributed by atoms with van der Waals surface area (Å²) in [7, 11) is 0. The zero-order chi connectivity index (χ0) is 15.4. The Bertz CT molecular complexity index is 793. The fraction of sp³-hybridized carbons (Fsp3) is 0.0769. The minimum Gasteiger partial charge on any atom is -0.410 e. The summed E-state index contributed by atoms with van der Waals surface area (Å²) in [6.45, 7) is 0. The van der Waals surface area contributed by atoms with E-state index in [0.717, 1.165) is 0 Å². The Morgan fingerprint density at radius 1 is 1.23 bits per heavy atom. The van der Waals surface area contributed by atoms with Crippen molar-refractivity contribution in [2.45, 2.75) is 11.0 Å². The van der Waals surface area contributed by atoms with E-state index in [4.69, 9.17) is 4.42 Å². The molecule has 0 fully saturated rings. The summed E-state index contributed by atoms with van der Waals surface area (Å²) in [6, 6.07) is 6.55. The van der Waals surface area contributed by atoms with Crippen LogP contribution in [0.15, 0.2) is 52.5 Å². The summed E-state index contributed by atoms with van der Waals surface area (Å²) < 4.78 is 5.46. The first-order valence-corrected chi connectivity index (χ1v) is 7.17. The van der Waals surface area contributed by atoms with E-state index in [1.165, 1.54) is 30.2 Å². The van der Waals surface area contributed by atoms with Crippen molar-refractivity contribution in [2.24, 2.45) is 0 Å². The molecule has 0 aliphatic carbocycles. The van der Waals surface area contributed by atoms with Crippen molar-refractivity contribution in [3.8, 4) is 11.6 Å². The highest BCUT2D eigenvalue weighted by molar-refractivity contribution is 7.98. The number of hydrogen-bond donors (Lipinski definition) is 0. The monoisotopic (exact) mass is 315 g/mol. The Labute approximate surface area is 128 Å². The lowest BCUT2D eigenvalue weighted by Crippen LogP contribution is -1.93. The fourth-order valence-electron chi connectivity index (χ4n) is 1.73. The van der Waals surface area contributed by atoms with Crippen LogP contribution in [0.3, 0.4) is 0 Å². The van der Waals surface area contributed by atoms with Gasteiger partial charge in [-0.2, -0.15) is 0 Å². The second-order valence-electron chi connectivity index (χ2n) is 4.14. The molecule has 0 atom stereocenters. The minimum atomic E-state index is -0.408. The third-order valence-electron chi connectivity index (χ3n) is 2.73. The van der Waals surface area contributed by atoms with Gasteiger partial charge in [-0.3, -0.25) is 15.1 Å². The molecule has 8 nitrogen and oxygen atoms in total. The van der Waals surface area contributed by atoms with Crippen LogP contribution < -0.4 is 0 Å². The molecule has 0 saturated carbocycles. The molecular formula is C13H9N5O3S. The summed E-state index contributed by atoms with van der Waals surface area (Å²) in [4.78, 5) is 18.5. The Balaban J connectivity index is 1.73. The third kappa shape index (κ3) is 3.09. The Morgan fingerprint density at radius 2 is 2.09 bits per heavy atom. The number of nitro groups is 1. The number of para-hydroxylation sites is 1. The van der Waals surface area contributed by atoms with E-state index in [9.17, 15) is 10.1 Å². The van der Waals surface area contributed by atoms with E-state index < -0.39 is 4.92 Å². The van der Waals surface area contributed by atoms with Gasteiger partial charge in [-0.15, -0.1) is 10.2 Å². The molecule has 0 amide bonds. The lowest BCUT2D eigenvalue weighted by atomic mass is 10.2. The van der Waals surface area contributed by atoms with Gasteiger partial charge in [-0.05, 0) is 0 Å². The lowest BCUT2D eigenvalue weighted by Gasteiger charge is -1.99. The van der Waals surface area contributed by atoms with Crippen molar-refractivity contribution in [3.63, 3.8) is 0 Å². The van der Waals surface area contributed by atoms with Gasteiger partial charge in [0.15, 0.2) is 0 Å². The number of benzene rings is 1. The molecule has 2 heterocycles. The molecule has 3 rings (SSSR count). The predicted molar refractivity (Wildman–Crippen MR) is 78.0 cm³/mol. The van der Waals surface area contributed by atoms with Crippen molar-refractivity contribution in [1.82, 2.24) is 20.2 Å². The van der Waals surface area contributed by atoms with Gasteiger partial charge in [-0.1, -0.05) is 30.0 Å². The number of aromatic nitrogens is 4.